The highest BCUT2D eigenvalue weighted by molar-refractivity contribution is 6.04. The molecule has 0 radical (unpaired) electrons. The summed E-state index contributed by atoms with van der Waals surface area (Å²) in [7, 11) is 1.52. The van der Waals surface area contributed by atoms with Crippen molar-refractivity contribution < 1.29 is 13.9 Å². The summed E-state index contributed by atoms with van der Waals surface area (Å²) in [6.45, 7) is 3.86. The molecule has 27 heavy (non-hydrogen) atoms. The maximum absolute atomic E-state index is 14.0. The number of ether oxygens (including phenoxy) is 1. The van der Waals surface area contributed by atoms with Gasteiger partial charge in [-0.25, -0.2) is 19.0 Å². The number of rotatable bonds is 4. The van der Waals surface area contributed by atoms with E-state index in [0.29, 0.717) is 28.8 Å². The minimum atomic E-state index is -0.671. The topological polar surface area (TPSA) is 81.9 Å². The lowest BCUT2D eigenvalue weighted by Gasteiger charge is -2.13. The van der Waals surface area contributed by atoms with E-state index in [0.717, 1.165) is 5.56 Å². The first-order valence-electron chi connectivity index (χ1n) is 8.44. The van der Waals surface area contributed by atoms with Crippen LogP contribution < -0.4 is 10.1 Å². The Morgan fingerprint density at radius 1 is 1.30 bits per heavy atom. The predicted molar refractivity (Wildman–Crippen MR) is 97.0 cm³/mol. The Hall–Kier alpha value is -3.29. The van der Waals surface area contributed by atoms with Crippen molar-refractivity contribution in [3.05, 3.63) is 53.5 Å². The van der Waals surface area contributed by atoms with Crippen LogP contribution in [-0.4, -0.2) is 32.8 Å². The molecule has 1 N–H and O–H groups in total. The molecule has 7 nitrogen and oxygen atoms in total. The number of hydrogen-bond acceptors (Lipinski definition) is 5. The van der Waals surface area contributed by atoms with Gasteiger partial charge in [0.1, 0.15) is 17.3 Å². The molecule has 0 saturated heterocycles. The summed E-state index contributed by atoms with van der Waals surface area (Å²) in [5.41, 5.74) is 1.05. The van der Waals surface area contributed by atoms with Gasteiger partial charge < -0.3 is 10.1 Å². The number of carbonyl (C=O) groups excluding carboxylic acids is 1. The molecule has 3 heterocycles. The quantitative estimate of drug-likeness (QED) is 0.767. The predicted octanol–water partition coefficient (Wildman–Crippen LogP) is 2.77. The molecule has 0 aliphatic carbocycles. The van der Waals surface area contributed by atoms with E-state index < -0.39 is 5.41 Å². The van der Waals surface area contributed by atoms with Crippen molar-refractivity contribution in [3.8, 4) is 17.4 Å². The summed E-state index contributed by atoms with van der Waals surface area (Å²) >= 11 is 0. The largest absolute Gasteiger partial charge is 0.481 e. The normalized spacial score (nSPS) is 14.7. The summed E-state index contributed by atoms with van der Waals surface area (Å²) in [5.74, 6) is 0.874. The van der Waals surface area contributed by atoms with Gasteiger partial charge in [0.15, 0.2) is 5.82 Å². The first kappa shape index (κ1) is 17.1. The third kappa shape index (κ3) is 2.83. The van der Waals surface area contributed by atoms with E-state index in [1.165, 1.54) is 13.2 Å². The van der Waals surface area contributed by atoms with Crippen molar-refractivity contribution in [2.75, 3.05) is 12.4 Å². The number of carbonyl (C=O) groups is 1. The summed E-state index contributed by atoms with van der Waals surface area (Å²) in [5, 5.41) is 7.23. The Morgan fingerprint density at radius 2 is 2.07 bits per heavy atom. The number of halogens is 1. The van der Waals surface area contributed by atoms with Gasteiger partial charge in [0, 0.05) is 23.4 Å². The highest BCUT2D eigenvalue weighted by atomic mass is 19.1. The molecule has 8 heteroatoms. The Balaban J connectivity index is 1.70. The van der Waals surface area contributed by atoms with Crippen molar-refractivity contribution in [1.29, 1.82) is 0 Å². The zero-order chi connectivity index (χ0) is 19.2. The van der Waals surface area contributed by atoms with Crippen molar-refractivity contribution >= 4 is 11.7 Å². The van der Waals surface area contributed by atoms with Gasteiger partial charge in [0.2, 0.25) is 11.8 Å². The van der Waals surface area contributed by atoms with Gasteiger partial charge in [0.05, 0.1) is 19.1 Å². The van der Waals surface area contributed by atoms with Gasteiger partial charge in [-0.3, -0.25) is 4.79 Å². The molecule has 1 amide bonds. The molecule has 0 saturated carbocycles. The summed E-state index contributed by atoms with van der Waals surface area (Å²) in [6.07, 6.45) is 1.64. The Kier molecular flexibility index (Phi) is 3.91. The summed E-state index contributed by atoms with van der Waals surface area (Å²) in [6, 6.07) is 8.19. The molecule has 0 spiro atoms. The van der Waals surface area contributed by atoms with Crippen molar-refractivity contribution in [2.24, 2.45) is 0 Å². The number of benzene rings is 1. The highest BCUT2D eigenvalue weighted by Gasteiger charge is 2.40. The van der Waals surface area contributed by atoms with Crippen LogP contribution in [0.2, 0.25) is 0 Å². The molecule has 0 fully saturated rings. The lowest BCUT2D eigenvalue weighted by molar-refractivity contribution is -0.119. The molecular weight excluding hydrogens is 349 g/mol. The van der Waals surface area contributed by atoms with E-state index in [9.17, 15) is 9.18 Å². The number of hydrogen-bond donors (Lipinski definition) is 1. The molecule has 0 unspecified atom stereocenters. The van der Waals surface area contributed by atoms with Gasteiger partial charge in [-0.05, 0) is 19.9 Å². The van der Waals surface area contributed by atoms with Crippen LogP contribution in [0.1, 0.15) is 25.0 Å². The fourth-order valence-corrected chi connectivity index (χ4v) is 3.02. The second-order valence-corrected chi connectivity index (χ2v) is 6.86. The van der Waals surface area contributed by atoms with E-state index in [2.05, 4.69) is 20.4 Å². The van der Waals surface area contributed by atoms with Crippen LogP contribution in [-0.2, 0) is 16.8 Å². The van der Waals surface area contributed by atoms with E-state index in [1.807, 2.05) is 13.8 Å². The molecule has 4 rings (SSSR count). The van der Waals surface area contributed by atoms with Gasteiger partial charge in [-0.15, -0.1) is 0 Å². The highest BCUT2D eigenvalue weighted by Crippen LogP contribution is 2.36. The van der Waals surface area contributed by atoms with Crippen LogP contribution in [0.3, 0.4) is 0 Å². The molecule has 2 aromatic heterocycles. The second kappa shape index (κ2) is 6.15. The lowest BCUT2D eigenvalue weighted by Crippen LogP contribution is -2.26. The number of fused-ring (bicyclic) bond motifs is 1. The third-order valence-electron chi connectivity index (χ3n) is 4.72. The Bertz CT molecular complexity index is 1040. The third-order valence-corrected chi connectivity index (χ3v) is 4.72. The standard InChI is InChI=1S/C19H18FN5O2/c1-19(2)12-9-21-17(22-16(12)23-18(19)26)14-8-15(27-3)25(24-14)10-11-6-4-5-7-13(11)20/h4-9H,10H2,1-3H3,(H,21,22,23,26). The lowest BCUT2D eigenvalue weighted by atomic mass is 9.88. The van der Waals surface area contributed by atoms with Gasteiger partial charge in [0.25, 0.3) is 0 Å². The van der Waals surface area contributed by atoms with Gasteiger partial charge >= 0.3 is 0 Å². The second-order valence-electron chi connectivity index (χ2n) is 6.86. The SMILES string of the molecule is COc1cc(-c2ncc3c(n2)NC(=O)C3(C)C)nn1Cc1ccccc1F. The van der Waals surface area contributed by atoms with Crippen LogP contribution in [0.25, 0.3) is 11.5 Å². The summed E-state index contributed by atoms with van der Waals surface area (Å²) in [4.78, 5) is 20.9. The minimum Gasteiger partial charge on any atom is -0.481 e. The maximum Gasteiger partial charge on any atom is 0.235 e. The fourth-order valence-electron chi connectivity index (χ4n) is 3.02. The van der Waals surface area contributed by atoms with E-state index in [1.54, 1.807) is 35.1 Å². The molecule has 1 aromatic carbocycles. The van der Waals surface area contributed by atoms with E-state index in [4.69, 9.17) is 4.74 Å². The van der Waals surface area contributed by atoms with Crippen molar-refractivity contribution in [1.82, 2.24) is 19.7 Å². The van der Waals surface area contributed by atoms with Crippen LogP contribution in [0.5, 0.6) is 5.88 Å². The molecule has 0 atom stereocenters. The zero-order valence-corrected chi connectivity index (χ0v) is 15.2. The van der Waals surface area contributed by atoms with Crippen LogP contribution >= 0.6 is 0 Å². The number of anilines is 1. The van der Waals surface area contributed by atoms with Crippen LogP contribution in [0.15, 0.2) is 36.5 Å². The van der Waals surface area contributed by atoms with Crippen LogP contribution in [0.4, 0.5) is 10.2 Å². The molecule has 0 bridgehead atoms. The van der Waals surface area contributed by atoms with Crippen molar-refractivity contribution in [2.45, 2.75) is 25.8 Å². The minimum absolute atomic E-state index is 0.119. The van der Waals surface area contributed by atoms with Gasteiger partial charge in [-0.2, -0.15) is 5.10 Å². The number of aromatic nitrogens is 4. The smallest absolute Gasteiger partial charge is 0.235 e. The van der Waals surface area contributed by atoms with Crippen molar-refractivity contribution in [3.63, 3.8) is 0 Å². The number of nitrogens with one attached hydrogen (secondary N) is 1. The fraction of sp³-hybridized carbons (Fsp3) is 0.263. The average molecular weight is 367 g/mol. The average Bonchev–Trinajstić information content (AvgIpc) is 3.15. The Morgan fingerprint density at radius 3 is 2.81 bits per heavy atom. The summed E-state index contributed by atoms with van der Waals surface area (Å²) < 4.78 is 20.9. The first-order chi connectivity index (χ1) is 12.9. The van der Waals surface area contributed by atoms with Gasteiger partial charge in [-0.1, -0.05) is 18.2 Å². The molecular formula is C19H18FN5O2. The number of nitrogens with zero attached hydrogens (tertiary/aromatic N) is 4. The Labute approximate surface area is 155 Å². The first-order valence-corrected chi connectivity index (χ1v) is 8.44. The van der Waals surface area contributed by atoms with Crippen LogP contribution in [0, 0.1) is 5.82 Å². The van der Waals surface area contributed by atoms with E-state index in [-0.39, 0.29) is 18.3 Å². The molecule has 1 aliphatic heterocycles. The molecule has 1 aliphatic rings. The monoisotopic (exact) mass is 367 g/mol. The number of amides is 1. The molecule has 3 aromatic rings. The molecule has 138 valence electrons. The number of methoxy groups -OCH3 is 1. The van der Waals surface area contributed by atoms with E-state index >= 15 is 0 Å². The maximum atomic E-state index is 14.0. The zero-order valence-electron chi connectivity index (χ0n) is 15.2.